The Kier molecular flexibility index (Phi) is 3.46. The predicted molar refractivity (Wildman–Crippen MR) is 65.8 cm³/mol. The van der Waals surface area contributed by atoms with E-state index in [0.717, 1.165) is 12.0 Å². The quantitative estimate of drug-likeness (QED) is 0.614. The van der Waals surface area contributed by atoms with Gasteiger partial charge >= 0.3 is 11.9 Å². The minimum absolute atomic E-state index is 0.0177. The van der Waals surface area contributed by atoms with Gasteiger partial charge in [-0.15, -0.1) is 0 Å². The molecule has 0 radical (unpaired) electrons. The molecule has 2 aliphatic carbocycles. The van der Waals surface area contributed by atoms with E-state index in [1.165, 1.54) is 0 Å². The highest BCUT2D eigenvalue weighted by molar-refractivity contribution is 5.83. The molecule has 100 valence electrons. The third kappa shape index (κ3) is 2.16. The number of allylic oxidation sites excluding steroid dienone is 2. The van der Waals surface area contributed by atoms with Crippen LogP contribution in [0.25, 0.3) is 0 Å². The second-order valence-corrected chi connectivity index (χ2v) is 5.83. The molecule has 0 aromatic rings. The van der Waals surface area contributed by atoms with E-state index in [2.05, 4.69) is 0 Å². The molecule has 4 unspecified atom stereocenters. The van der Waals surface area contributed by atoms with Gasteiger partial charge in [0.05, 0.1) is 18.4 Å². The van der Waals surface area contributed by atoms with Gasteiger partial charge in [-0.25, -0.2) is 0 Å². The SMILES string of the molecule is CC1=CC2CC1C(C(=O)O)C2C(=O)OCC(C)C. The topological polar surface area (TPSA) is 63.6 Å². The molecule has 4 nitrogen and oxygen atoms in total. The summed E-state index contributed by atoms with van der Waals surface area (Å²) in [6.45, 7) is 6.25. The molecule has 1 N–H and O–H groups in total. The third-order valence-corrected chi connectivity index (χ3v) is 3.99. The Morgan fingerprint density at radius 2 is 2.11 bits per heavy atom. The fourth-order valence-electron chi connectivity index (χ4n) is 3.20. The molecule has 2 bridgehead atoms. The van der Waals surface area contributed by atoms with Gasteiger partial charge in [0, 0.05) is 0 Å². The Bertz CT molecular complexity index is 397. The summed E-state index contributed by atoms with van der Waals surface area (Å²) in [7, 11) is 0. The lowest BCUT2D eigenvalue weighted by Gasteiger charge is -2.25. The van der Waals surface area contributed by atoms with Crippen molar-refractivity contribution in [2.24, 2.45) is 29.6 Å². The third-order valence-electron chi connectivity index (χ3n) is 3.99. The van der Waals surface area contributed by atoms with E-state index < -0.39 is 17.8 Å². The number of hydrogen-bond donors (Lipinski definition) is 1. The first-order chi connectivity index (χ1) is 8.41. The smallest absolute Gasteiger partial charge is 0.310 e. The van der Waals surface area contributed by atoms with Crippen molar-refractivity contribution in [1.29, 1.82) is 0 Å². The molecule has 0 aliphatic heterocycles. The van der Waals surface area contributed by atoms with Crippen molar-refractivity contribution in [2.45, 2.75) is 27.2 Å². The second-order valence-electron chi connectivity index (χ2n) is 5.83. The summed E-state index contributed by atoms with van der Waals surface area (Å²) in [4.78, 5) is 23.4. The molecule has 18 heavy (non-hydrogen) atoms. The van der Waals surface area contributed by atoms with E-state index in [-0.39, 0.29) is 23.7 Å². The van der Waals surface area contributed by atoms with Crippen LogP contribution in [0.1, 0.15) is 27.2 Å². The average Bonchev–Trinajstić information content (AvgIpc) is 2.81. The molecule has 2 aliphatic rings. The molecule has 0 spiro atoms. The molecule has 0 heterocycles. The van der Waals surface area contributed by atoms with Crippen LogP contribution < -0.4 is 0 Å². The van der Waals surface area contributed by atoms with Crippen LogP contribution in [0, 0.1) is 29.6 Å². The number of carboxylic acid groups (broad SMARTS) is 1. The highest BCUT2D eigenvalue weighted by Crippen LogP contribution is 2.51. The van der Waals surface area contributed by atoms with Crippen molar-refractivity contribution in [1.82, 2.24) is 0 Å². The fourth-order valence-corrected chi connectivity index (χ4v) is 3.20. The molecular weight excluding hydrogens is 232 g/mol. The van der Waals surface area contributed by atoms with Gasteiger partial charge in [0.25, 0.3) is 0 Å². The maximum absolute atomic E-state index is 12.0. The minimum atomic E-state index is -0.874. The number of carbonyl (C=O) groups excluding carboxylic acids is 1. The van der Waals surface area contributed by atoms with Crippen LogP contribution in [0.15, 0.2) is 11.6 Å². The van der Waals surface area contributed by atoms with E-state index in [1.54, 1.807) is 0 Å². The normalized spacial score (nSPS) is 33.7. The van der Waals surface area contributed by atoms with E-state index >= 15 is 0 Å². The van der Waals surface area contributed by atoms with Crippen LogP contribution in [0.4, 0.5) is 0 Å². The van der Waals surface area contributed by atoms with Crippen molar-refractivity contribution in [3.8, 4) is 0 Å². The van der Waals surface area contributed by atoms with Gasteiger partial charge in [-0.3, -0.25) is 9.59 Å². The summed E-state index contributed by atoms with van der Waals surface area (Å²) in [6, 6.07) is 0. The van der Waals surface area contributed by atoms with Crippen LogP contribution in [0.3, 0.4) is 0 Å². The molecule has 0 aromatic carbocycles. The summed E-state index contributed by atoms with van der Waals surface area (Å²) < 4.78 is 5.22. The lowest BCUT2D eigenvalue weighted by Crippen LogP contribution is -2.35. The number of rotatable bonds is 4. The summed E-state index contributed by atoms with van der Waals surface area (Å²) in [5.41, 5.74) is 1.11. The molecule has 1 saturated carbocycles. The summed E-state index contributed by atoms with van der Waals surface area (Å²) in [5.74, 6) is -1.96. The van der Waals surface area contributed by atoms with Crippen LogP contribution in [-0.4, -0.2) is 23.7 Å². The van der Waals surface area contributed by atoms with Crippen LogP contribution >= 0.6 is 0 Å². The Balaban J connectivity index is 2.12. The maximum atomic E-state index is 12.0. The van der Waals surface area contributed by atoms with E-state index in [4.69, 9.17) is 4.74 Å². The van der Waals surface area contributed by atoms with Gasteiger partial charge in [-0.2, -0.15) is 0 Å². The van der Waals surface area contributed by atoms with Crippen LogP contribution in [0.2, 0.25) is 0 Å². The zero-order valence-electron chi connectivity index (χ0n) is 11.1. The number of esters is 1. The van der Waals surface area contributed by atoms with Gasteiger partial charge in [0.2, 0.25) is 0 Å². The molecule has 1 fully saturated rings. The Labute approximate surface area is 107 Å². The molecule has 4 atom stereocenters. The molecule has 0 saturated heterocycles. The number of carbonyl (C=O) groups is 2. The molecule has 4 heteroatoms. The first kappa shape index (κ1) is 13.1. The van der Waals surface area contributed by atoms with Gasteiger partial charge in [-0.1, -0.05) is 25.5 Å². The Hall–Kier alpha value is -1.32. The average molecular weight is 252 g/mol. The van der Waals surface area contributed by atoms with Gasteiger partial charge in [0.15, 0.2) is 0 Å². The summed E-state index contributed by atoms with van der Waals surface area (Å²) in [6.07, 6.45) is 2.83. The molecule has 0 amide bonds. The predicted octanol–water partition coefficient (Wildman–Crippen LogP) is 2.10. The van der Waals surface area contributed by atoms with Crippen LogP contribution in [0.5, 0.6) is 0 Å². The number of hydrogen-bond acceptors (Lipinski definition) is 3. The van der Waals surface area contributed by atoms with Crippen molar-refractivity contribution < 1.29 is 19.4 Å². The monoisotopic (exact) mass is 252 g/mol. The van der Waals surface area contributed by atoms with Gasteiger partial charge < -0.3 is 9.84 Å². The zero-order valence-corrected chi connectivity index (χ0v) is 11.1. The first-order valence-electron chi connectivity index (χ1n) is 6.49. The number of carboxylic acids is 1. The summed E-state index contributed by atoms with van der Waals surface area (Å²) >= 11 is 0. The number of fused-ring (bicyclic) bond motifs is 2. The second kappa shape index (κ2) is 4.75. The Morgan fingerprint density at radius 3 is 2.67 bits per heavy atom. The van der Waals surface area contributed by atoms with Crippen molar-refractivity contribution in [3.63, 3.8) is 0 Å². The molecule has 0 aromatic heterocycles. The van der Waals surface area contributed by atoms with Crippen molar-refractivity contribution >= 4 is 11.9 Å². The Morgan fingerprint density at radius 1 is 1.44 bits per heavy atom. The fraction of sp³-hybridized carbons (Fsp3) is 0.714. The highest BCUT2D eigenvalue weighted by atomic mass is 16.5. The molecular formula is C14H20O4. The largest absolute Gasteiger partial charge is 0.481 e. The maximum Gasteiger partial charge on any atom is 0.310 e. The van der Waals surface area contributed by atoms with E-state index in [0.29, 0.717) is 6.61 Å². The van der Waals surface area contributed by atoms with Crippen LogP contribution in [-0.2, 0) is 14.3 Å². The minimum Gasteiger partial charge on any atom is -0.481 e. The summed E-state index contributed by atoms with van der Waals surface area (Å²) in [5, 5.41) is 9.31. The van der Waals surface area contributed by atoms with Crippen molar-refractivity contribution in [3.05, 3.63) is 11.6 Å². The number of aliphatic carboxylic acids is 1. The van der Waals surface area contributed by atoms with Crippen molar-refractivity contribution in [2.75, 3.05) is 6.61 Å². The zero-order chi connectivity index (χ0) is 13.4. The highest BCUT2D eigenvalue weighted by Gasteiger charge is 2.54. The van der Waals surface area contributed by atoms with E-state index in [9.17, 15) is 14.7 Å². The molecule has 2 rings (SSSR count). The lowest BCUT2D eigenvalue weighted by atomic mass is 9.80. The standard InChI is InChI=1S/C14H20O4/c1-7(2)6-18-14(17)11-9-4-8(3)10(5-9)12(11)13(15)16/h4,7,9-12H,5-6H2,1-3H3,(H,15,16). The number of ether oxygens (including phenoxy) is 1. The first-order valence-corrected chi connectivity index (χ1v) is 6.49. The lowest BCUT2D eigenvalue weighted by molar-refractivity contribution is -0.159. The van der Waals surface area contributed by atoms with Gasteiger partial charge in [-0.05, 0) is 31.1 Å². The van der Waals surface area contributed by atoms with E-state index in [1.807, 2.05) is 26.8 Å². The van der Waals surface area contributed by atoms with Gasteiger partial charge in [0.1, 0.15) is 0 Å².